The fourth-order valence-electron chi connectivity index (χ4n) is 1.31. The van der Waals surface area contributed by atoms with Crippen LogP contribution in [0.15, 0.2) is 11.3 Å². The van der Waals surface area contributed by atoms with Crippen LogP contribution in [0.1, 0.15) is 52.9 Å². The first-order valence-electron chi connectivity index (χ1n) is 4.72. The van der Waals surface area contributed by atoms with Crippen molar-refractivity contribution in [3.63, 3.8) is 0 Å². The zero-order valence-electron chi connectivity index (χ0n) is 8.11. The minimum absolute atomic E-state index is 1.07. The number of hydrogen-bond donors (Lipinski definition) is 1. The first-order chi connectivity index (χ1) is 5.26. The van der Waals surface area contributed by atoms with E-state index in [2.05, 4.69) is 20.8 Å². The smallest absolute Gasteiger partial charge is 0.00721 e. The van der Waals surface area contributed by atoms with E-state index in [0.717, 1.165) is 18.5 Å². The van der Waals surface area contributed by atoms with Crippen LogP contribution < -0.4 is 5.73 Å². The van der Waals surface area contributed by atoms with Gasteiger partial charge in [0.05, 0.1) is 0 Å². The number of hydrogen-bond acceptors (Lipinski definition) is 1. The van der Waals surface area contributed by atoms with E-state index in [0.29, 0.717) is 0 Å². The van der Waals surface area contributed by atoms with Crippen molar-refractivity contribution in [1.82, 2.24) is 0 Å². The molecule has 0 unspecified atom stereocenters. The minimum Gasteiger partial charge on any atom is -0.402 e. The average molecular weight is 155 g/mol. The molecule has 0 fully saturated rings. The van der Waals surface area contributed by atoms with Crippen molar-refractivity contribution in [3.8, 4) is 0 Å². The standard InChI is InChI=1S/C10H21N/c1-4-7-9(6-3)10(11)8-5-2/h4-8,11H2,1-3H3. The van der Waals surface area contributed by atoms with E-state index in [1.165, 1.54) is 24.8 Å². The van der Waals surface area contributed by atoms with Gasteiger partial charge in [0.25, 0.3) is 0 Å². The molecule has 0 heterocycles. The molecule has 66 valence electrons. The van der Waals surface area contributed by atoms with Crippen molar-refractivity contribution < 1.29 is 0 Å². The third-order valence-corrected chi connectivity index (χ3v) is 1.95. The molecule has 1 nitrogen and oxygen atoms in total. The van der Waals surface area contributed by atoms with E-state index in [1.807, 2.05) is 0 Å². The van der Waals surface area contributed by atoms with Gasteiger partial charge in [0.2, 0.25) is 0 Å². The molecule has 0 rings (SSSR count). The highest BCUT2D eigenvalue weighted by Crippen LogP contribution is 2.14. The predicted octanol–water partition coefficient (Wildman–Crippen LogP) is 3.21. The molecule has 0 atom stereocenters. The lowest BCUT2D eigenvalue weighted by Gasteiger charge is -2.07. The van der Waals surface area contributed by atoms with Gasteiger partial charge in [-0.2, -0.15) is 0 Å². The van der Waals surface area contributed by atoms with E-state index in [-0.39, 0.29) is 0 Å². The summed E-state index contributed by atoms with van der Waals surface area (Å²) in [5.74, 6) is 0. The van der Waals surface area contributed by atoms with Crippen molar-refractivity contribution >= 4 is 0 Å². The van der Waals surface area contributed by atoms with Gasteiger partial charge in [-0.05, 0) is 19.3 Å². The third-order valence-electron chi connectivity index (χ3n) is 1.95. The Morgan fingerprint density at radius 1 is 1.00 bits per heavy atom. The van der Waals surface area contributed by atoms with Crippen LogP contribution in [0.5, 0.6) is 0 Å². The van der Waals surface area contributed by atoms with Crippen molar-refractivity contribution in [3.05, 3.63) is 11.3 Å². The van der Waals surface area contributed by atoms with Crippen LogP contribution in [-0.4, -0.2) is 0 Å². The van der Waals surface area contributed by atoms with Gasteiger partial charge in [-0.15, -0.1) is 0 Å². The molecule has 0 bridgehead atoms. The van der Waals surface area contributed by atoms with Gasteiger partial charge in [0, 0.05) is 5.70 Å². The maximum absolute atomic E-state index is 5.90. The highest BCUT2D eigenvalue weighted by atomic mass is 14.6. The van der Waals surface area contributed by atoms with Crippen LogP contribution in [0.4, 0.5) is 0 Å². The second kappa shape index (κ2) is 6.26. The van der Waals surface area contributed by atoms with Gasteiger partial charge in [-0.25, -0.2) is 0 Å². The summed E-state index contributed by atoms with van der Waals surface area (Å²) in [4.78, 5) is 0. The molecule has 0 amide bonds. The summed E-state index contributed by atoms with van der Waals surface area (Å²) in [6.45, 7) is 6.56. The largest absolute Gasteiger partial charge is 0.402 e. The van der Waals surface area contributed by atoms with Crippen molar-refractivity contribution in [2.24, 2.45) is 5.73 Å². The topological polar surface area (TPSA) is 26.0 Å². The predicted molar refractivity (Wildman–Crippen MR) is 51.3 cm³/mol. The summed E-state index contributed by atoms with van der Waals surface area (Å²) in [5, 5.41) is 0. The fourth-order valence-corrected chi connectivity index (χ4v) is 1.31. The van der Waals surface area contributed by atoms with Gasteiger partial charge in [-0.1, -0.05) is 39.2 Å². The van der Waals surface area contributed by atoms with E-state index < -0.39 is 0 Å². The molecule has 0 radical (unpaired) electrons. The normalized spacial score (nSPS) is 13.0. The minimum atomic E-state index is 1.07. The highest BCUT2D eigenvalue weighted by molar-refractivity contribution is 5.10. The Morgan fingerprint density at radius 2 is 1.55 bits per heavy atom. The number of allylic oxidation sites excluding steroid dienone is 2. The first-order valence-corrected chi connectivity index (χ1v) is 4.72. The van der Waals surface area contributed by atoms with Crippen LogP contribution in [0, 0.1) is 0 Å². The molecule has 0 saturated heterocycles. The summed E-state index contributed by atoms with van der Waals surface area (Å²) < 4.78 is 0. The van der Waals surface area contributed by atoms with Gasteiger partial charge in [-0.3, -0.25) is 0 Å². The second-order valence-electron chi connectivity index (χ2n) is 2.98. The molecule has 0 aromatic carbocycles. The summed E-state index contributed by atoms with van der Waals surface area (Å²) >= 11 is 0. The lowest BCUT2D eigenvalue weighted by Crippen LogP contribution is -2.01. The maximum atomic E-state index is 5.90. The van der Waals surface area contributed by atoms with Gasteiger partial charge >= 0.3 is 0 Å². The van der Waals surface area contributed by atoms with Crippen LogP contribution in [0.25, 0.3) is 0 Å². The Morgan fingerprint density at radius 3 is 1.91 bits per heavy atom. The zero-order valence-corrected chi connectivity index (χ0v) is 8.11. The first kappa shape index (κ1) is 10.5. The summed E-state index contributed by atoms with van der Waals surface area (Å²) in [6.07, 6.45) is 5.76. The van der Waals surface area contributed by atoms with Crippen LogP contribution in [-0.2, 0) is 0 Å². The van der Waals surface area contributed by atoms with Gasteiger partial charge in [0.15, 0.2) is 0 Å². The van der Waals surface area contributed by atoms with E-state index in [4.69, 9.17) is 5.73 Å². The van der Waals surface area contributed by atoms with Crippen LogP contribution >= 0.6 is 0 Å². The monoisotopic (exact) mass is 155 g/mol. The lowest BCUT2D eigenvalue weighted by molar-refractivity contribution is 0.795. The van der Waals surface area contributed by atoms with E-state index in [1.54, 1.807) is 0 Å². The van der Waals surface area contributed by atoms with Crippen molar-refractivity contribution in [2.45, 2.75) is 52.9 Å². The number of nitrogens with two attached hydrogens (primary N) is 1. The van der Waals surface area contributed by atoms with Crippen LogP contribution in [0.3, 0.4) is 0 Å². The summed E-state index contributed by atoms with van der Waals surface area (Å²) in [5.41, 5.74) is 8.51. The summed E-state index contributed by atoms with van der Waals surface area (Å²) in [7, 11) is 0. The van der Waals surface area contributed by atoms with Crippen LogP contribution in [0.2, 0.25) is 0 Å². The maximum Gasteiger partial charge on any atom is 0.00721 e. The molecule has 0 spiro atoms. The Kier molecular flexibility index (Phi) is 6.00. The molecule has 0 aliphatic rings. The zero-order chi connectivity index (χ0) is 8.69. The summed E-state index contributed by atoms with van der Waals surface area (Å²) in [6, 6.07) is 0. The van der Waals surface area contributed by atoms with E-state index >= 15 is 0 Å². The Bertz CT molecular complexity index is 125. The fraction of sp³-hybridized carbons (Fsp3) is 0.800. The SMILES string of the molecule is CCCC(N)=C(CC)CCC. The lowest BCUT2D eigenvalue weighted by atomic mass is 10.0. The third kappa shape index (κ3) is 4.07. The Balaban J connectivity index is 4.02. The van der Waals surface area contributed by atoms with Crippen molar-refractivity contribution in [1.29, 1.82) is 0 Å². The molecule has 2 N–H and O–H groups in total. The molecule has 0 aromatic heterocycles. The van der Waals surface area contributed by atoms with Gasteiger partial charge in [0.1, 0.15) is 0 Å². The molecule has 1 heteroatoms. The second-order valence-corrected chi connectivity index (χ2v) is 2.98. The van der Waals surface area contributed by atoms with E-state index in [9.17, 15) is 0 Å². The molecule has 0 saturated carbocycles. The molecule has 0 aliphatic carbocycles. The number of rotatable bonds is 5. The highest BCUT2D eigenvalue weighted by Gasteiger charge is 1.98. The average Bonchev–Trinajstić information content (AvgIpc) is 2.00. The van der Waals surface area contributed by atoms with Crippen molar-refractivity contribution in [2.75, 3.05) is 0 Å². The van der Waals surface area contributed by atoms with Gasteiger partial charge < -0.3 is 5.73 Å². The molecule has 0 aromatic rings. The molecular weight excluding hydrogens is 134 g/mol. The Hall–Kier alpha value is -0.460. The molecule has 11 heavy (non-hydrogen) atoms. The molecule has 0 aliphatic heterocycles. The molecular formula is C10H21N. The Labute approximate surface area is 70.7 Å². The quantitative estimate of drug-likeness (QED) is 0.648.